The van der Waals surface area contributed by atoms with Gasteiger partial charge in [-0.1, -0.05) is 19.1 Å². The van der Waals surface area contributed by atoms with Crippen LogP contribution in [0, 0.1) is 5.92 Å². The number of ether oxygens (including phenoxy) is 1. The molecule has 0 aromatic heterocycles. The molecule has 1 aliphatic rings. The number of nitrogens with one attached hydrogen (secondary N) is 1. The molecule has 0 aliphatic carbocycles. The van der Waals surface area contributed by atoms with E-state index in [2.05, 4.69) is 29.3 Å². The molecule has 0 amide bonds. The second-order valence-corrected chi connectivity index (χ2v) is 6.34. The maximum atomic E-state index is 10.1. The first kappa shape index (κ1) is 17.3. The highest BCUT2D eigenvalue weighted by Gasteiger charge is 2.17. The summed E-state index contributed by atoms with van der Waals surface area (Å²) in [6, 6.07) is 8.12. The standard InChI is InChI=1S/C18H30N2O2/c1-3-22-18-6-4-16(5-7-18)12-19-13-17(21)14-20-10-8-15(2)9-11-20/h4-7,15,17,19,21H,3,8-14H2,1-2H3. The van der Waals surface area contributed by atoms with Gasteiger partial charge in [0.25, 0.3) is 0 Å². The van der Waals surface area contributed by atoms with E-state index in [1.807, 2.05) is 19.1 Å². The molecule has 124 valence electrons. The van der Waals surface area contributed by atoms with E-state index in [1.165, 1.54) is 18.4 Å². The lowest BCUT2D eigenvalue weighted by molar-refractivity contribution is 0.0907. The van der Waals surface area contributed by atoms with E-state index in [0.29, 0.717) is 13.2 Å². The van der Waals surface area contributed by atoms with E-state index >= 15 is 0 Å². The number of benzene rings is 1. The van der Waals surface area contributed by atoms with Crippen molar-refractivity contribution < 1.29 is 9.84 Å². The van der Waals surface area contributed by atoms with Crippen molar-refractivity contribution in [3.05, 3.63) is 29.8 Å². The van der Waals surface area contributed by atoms with Crippen LogP contribution in [0.3, 0.4) is 0 Å². The largest absolute Gasteiger partial charge is 0.494 e. The van der Waals surface area contributed by atoms with Crippen molar-refractivity contribution in [2.75, 3.05) is 32.8 Å². The van der Waals surface area contributed by atoms with E-state index in [9.17, 15) is 5.11 Å². The maximum Gasteiger partial charge on any atom is 0.119 e. The molecule has 2 N–H and O–H groups in total. The molecule has 1 aliphatic heterocycles. The number of aliphatic hydroxyl groups excluding tert-OH is 1. The summed E-state index contributed by atoms with van der Waals surface area (Å²) in [6.45, 7) is 9.43. The molecule has 0 radical (unpaired) electrons. The molecule has 22 heavy (non-hydrogen) atoms. The highest BCUT2D eigenvalue weighted by Crippen LogP contribution is 2.16. The predicted molar refractivity (Wildman–Crippen MR) is 90.2 cm³/mol. The van der Waals surface area contributed by atoms with Crippen molar-refractivity contribution >= 4 is 0 Å². The van der Waals surface area contributed by atoms with Gasteiger partial charge in [0.2, 0.25) is 0 Å². The first-order chi connectivity index (χ1) is 10.7. The van der Waals surface area contributed by atoms with Gasteiger partial charge in [0.1, 0.15) is 5.75 Å². The van der Waals surface area contributed by atoms with Crippen LogP contribution in [-0.4, -0.2) is 48.9 Å². The molecule has 1 unspecified atom stereocenters. The van der Waals surface area contributed by atoms with Crippen molar-refractivity contribution in [3.63, 3.8) is 0 Å². The van der Waals surface area contributed by atoms with Gasteiger partial charge in [0.15, 0.2) is 0 Å². The summed E-state index contributed by atoms with van der Waals surface area (Å²) in [5.41, 5.74) is 1.21. The highest BCUT2D eigenvalue weighted by atomic mass is 16.5. The average molecular weight is 306 g/mol. The number of rotatable bonds is 8. The fourth-order valence-electron chi connectivity index (χ4n) is 2.86. The maximum absolute atomic E-state index is 10.1. The van der Waals surface area contributed by atoms with Gasteiger partial charge >= 0.3 is 0 Å². The Morgan fingerprint density at radius 3 is 2.59 bits per heavy atom. The summed E-state index contributed by atoms with van der Waals surface area (Å²) in [5, 5.41) is 13.5. The monoisotopic (exact) mass is 306 g/mol. The first-order valence-corrected chi connectivity index (χ1v) is 8.50. The van der Waals surface area contributed by atoms with Gasteiger partial charge in [-0.2, -0.15) is 0 Å². The highest BCUT2D eigenvalue weighted by molar-refractivity contribution is 5.27. The molecule has 0 bridgehead atoms. The minimum Gasteiger partial charge on any atom is -0.494 e. The fourth-order valence-corrected chi connectivity index (χ4v) is 2.86. The van der Waals surface area contributed by atoms with Gasteiger partial charge in [0, 0.05) is 19.6 Å². The number of aliphatic hydroxyl groups is 1. The van der Waals surface area contributed by atoms with Crippen LogP contribution in [0.15, 0.2) is 24.3 Å². The van der Waals surface area contributed by atoms with E-state index in [1.54, 1.807) is 0 Å². The van der Waals surface area contributed by atoms with Crippen LogP contribution < -0.4 is 10.1 Å². The summed E-state index contributed by atoms with van der Waals surface area (Å²) in [7, 11) is 0. The van der Waals surface area contributed by atoms with E-state index < -0.39 is 0 Å². The summed E-state index contributed by atoms with van der Waals surface area (Å²) in [5.74, 6) is 1.75. The molecule has 2 rings (SSSR count). The third-order valence-electron chi connectivity index (χ3n) is 4.29. The van der Waals surface area contributed by atoms with E-state index in [0.717, 1.165) is 37.8 Å². The molecular formula is C18H30N2O2. The molecule has 1 aromatic carbocycles. The molecule has 1 fully saturated rings. The van der Waals surface area contributed by atoms with E-state index in [-0.39, 0.29) is 6.10 Å². The third kappa shape index (κ3) is 5.95. The molecule has 4 heteroatoms. The van der Waals surface area contributed by atoms with Crippen molar-refractivity contribution in [2.45, 2.75) is 39.3 Å². The zero-order chi connectivity index (χ0) is 15.8. The molecule has 1 heterocycles. The van der Waals surface area contributed by atoms with Gasteiger partial charge in [0.05, 0.1) is 12.7 Å². The van der Waals surface area contributed by atoms with Crippen molar-refractivity contribution in [1.29, 1.82) is 0 Å². The summed E-state index contributed by atoms with van der Waals surface area (Å²) in [4.78, 5) is 2.38. The topological polar surface area (TPSA) is 44.7 Å². The Bertz CT molecular complexity index is 414. The van der Waals surface area contributed by atoms with Crippen LogP contribution >= 0.6 is 0 Å². The number of likely N-dealkylation sites (tertiary alicyclic amines) is 1. The molecule has 1 saturated heterocycles. The average Bonchev–Trinajstić information content (AvgIpc) is 2.52. The van der Waals surface area contributed by atoms with Crippen molar-refractivity contribution in [2.24, 2.45) is 5.92 Å². The van der Waals surface area contributed by atoms with Gasteiger partial charge in [-0.15, -0.1) is 0 Å². The van der Waals surface area contributed by atoms with Crippen LogP contribution in [0.25, 0.3) is 0 Å². The Morgan fingerprint density at radius 1 is 1.27 bits per heavy atom. The van der Waals surface area contributed by atoms with E-state index in [4.69, 9.17) is 4.74 Å². The fraction of sp³-hybridized carbons (Fsp3) is 0.667. The van der Waals surface area contributed by atoms with Crippen molar-refractivity contribution in [3.8, 4) is 5.75 Å². The summed E-state index contributed by atoms with van der Waals surface area (Å²) in [6.07, 6.45) is 2.22. The molecule has 1 atom stereocenters. The lowest BCUT2D eigenvalue weighted by Crippen LogP contribution is -2.41. The minimum absolute atomic E-state index is 0.295. The summed E-state index contributed by atoms with van der Waals surface area (Å²) >= 11 is 0. The number of piperidine rings is 1. The number of β-amino-alcohol motifs (C(OH)–C–C–N with tert-alkyl or cyclic N) is 1. The van der Waals surface area contributed by atoms with Gasteiger partial charge in [-0.3, -0.25) is 0 Å². The lowest BCUT2D eigenvalue weighted by Gasteiger charge is -2.31. The summed E-state index contributed by atoms with van der Waals surface area (Å²) < 4.78 is 5.43. The van der Waals surface area contributed by atoms with Gasteiger partial charge < -0.3 is 20.1 Å². The van der Waals surface area contributed by atoms with Gasteiger partial charge in [-0.25, -0.2) is 0 Å². The second-order valence-electron chi connectivity index (χ2n) is 6.34. The van der Waals surface area contributed by atoms with Crippen LogP contribution in [0.2, 0.25) is 0 Å². The SMILES string of the molecule is CCOc1ccc(CNCC(O)CN2CCC(C)CC2)cc1. The second kappa shape index (κ2) is 9.13. The quantitative estimate of drug-likeness (QED) is 0.773. The Balaban J connectivity index is 1.63. The first-order valence-electron chi connectivity index (χ1n) is 8.50. The third-order valence-corrected chi connectivity index (χ3v) is 4.29. The van der Waals surface area contributed by atoms with Crippen LogP contribution in [-0.2, 0) is 6.54 Å². The number of hydrogen-bond acceptors (Lipinski definition) is 4. The van der Waals surface area contributed by atoms with Crippen LogP contribution in [0.5, 0.6) is 5.75 Å². The Labute approximate surface area is 134 Å². The van der Waals surface area contributed by atoms with Crippen LogP contribution in [0.1, 0.15) is 32.3 Å². The minimum atomic E-state index is -0.295. The zero-order valence-corrected chi connectivity index (χ0v) is 13.9. The molecule has 4 nitrogen and oxygen atoms in total. The predicted octanol–water partition coefficient (Wildman–Crippen LogP) is 2.27. The molecule has 1 aromatic rings. The smallest absolute Gasteiger partial charge is 0.119 e. The Hall–Kier alpha value is -1.10. The molecule has 0 saturated carbocycles. The Kier molecular flexibility index (Phi) is 7.16. The Morgan fingerprint density at radius 2 is 1.95 bits per heavy atom. The lowest BCUT2D eigenvalue weighted by atomic mass is 9.99. The number of nitrogens with zero attached hydrogens (tertiary/aromatic N) is 1. The molecular weight excluding hydrogens is 276 g/mol. The number of hydrogen-bond donors (Lipinski definition) is 2. The van der Waals surface area contributed by atoms with Crippen molar-refractivity contribution in [1.82, 2.24) is 10.2 Å². The zero-order valence-electron chi connectivity index (χ0n) is 13.9. The van der Waals surface area contributed by atoms with Crippen LogP contribution in [0.4, 0.5) is 0 Å². The normalized spacial score (nSPS) is 18.3. The molecule has 0 spiro atoms. The van der Waals surface area contributed by atoms with Gasteiger partial charge in [-0.05, 0) is 56.5 Å².